The number of halogens is 1. The molecule has 2 aromatic heterocycles. The van der Waals surface area contributed by atoms with Crippen LogP contribution in [0.15, 0.2) is 16.7 Å². The van der Waals surface area contributed by atoms with Crippen molar-refractivity contribution in [2.24, 2.45) is 5.73 Å². The number of amides is 1. The van der Waals surface area contributed by atoms with Gasteiger partial charge in [-0.05, 0) is 31.7 Å². The van der Waals surface area contributed by atoms with Gasteiger partial charge in [0.25, 0.3) is 5.91 Å². The molecular weight excluding hydrogens is 322 g/mol. The van der Waals surface area contributed by atoms with Crippen LogP contribution in [-0.2, 0) is 19.4 Å². The number of nitrogens with zero attached hydrogens (tertiary/aromatic N) is 1. The Balaban J connectivity index is 0.00000176. The number of hydrogen-bond acceptors (Lipinski definition) is 5. The van der Waals surface area contributed by atoms with Crippen LogP contribution in [0.2, 0.25) is 0 Å². The molecule has 1 aliphatic carbocycles. The summed E-state index contributed by atoms with van der Waals surface area (Å²) in [6.45, 7) is 0.291. The summed E-state index contributed by atoms with van der Waals surface area (Å²) in [6.07, 6.45) is 8.49. The second kappa shape index (κ2) is 7.76. The predicted octanol–water partition coefficient (Wildman–Crippen LogP) is 3.53. The molecule has 7 heteroatoms. The summed E-state index contributed by atoms with van der Waals surface area (Å²) in [4.78, 5) is 18.0. The van der Waals surface area contributed by atoms with E-state index in [1.807, 2.05) is 0 Å². The van der Waals surface area contributed by atoms with Crippen molar-refractivity contribution >= 4 is 34.8 Å². The van der Waals surface area contributed by atoms with E-state index in [1.165, 1.54) is 36.8 Å². The van der Waals surface area contributed by atoms with Gasteiger partial charge in [-0.2, -0.15) is 0 Å². The Morgan fingerprint density at radius 1 is 1.32 bits per heavy atom. The van der Waals surface area contributed by atoms with Crippen molar-refractivity contribution in [3.05, 3.63) is 34.2 Å². The molecule has 22 heavy (non-hydrogen) atoms. The number of carbonyl (C=O) groups is 1. The van der Waals surface area contributed by atoms with Crippen LogP contribution in [0.1, 0.15) is 52.4 Å². The van der Waals surface area contributed by atoms with E-state index in [2.05, 4.69) is 10.3 Å². The zero-order chi connectivity index (χ0) is 14.7. The summed E-state index contributed by atoms with van der Waals surface area (Å²) in [7, 11) is 0. The molecule has 1 aliphatic rings. The number of rotatable bonds is 3. The molecule has 0 unspecified atom stereocenters. The number of thiazole rings is 1. The highest BCUT2D eigenvalue weighted by Crippen LogP contribution is 2.28. The molecule has 0 atom stereocenters. The lowest BCUT2D eigenvalue weighted by Gasteiger charge is -2.06. The lowest BCUT2D eigenvalue weighted by Crippen LogP contribution is -2.10. The van der Waals surface area contributed by atoms with Gasteiger partial charge in [-0.25, -0.2) is 4.98 Å². The number of furan rings is 1. The molecule has 0 bridgehead atoms. The highest BCUT2D eigenvalue weighted by atomic mass is 35.5. The maximum atomic E-state index is 12.1. The van der Waals surface area contributed by atoms with Crippen molar-refractivity contribution in [2.45, 2.75) is 45.1 Å². The lowest BCUT2D eigenvalue weighted by atomic mass is 10.0. The number of nitrogens with one attached hydrogen (secondary N) is 1. The number of carbonyl (C=O) groups excluding carboxylic acids is 1. The number of fused-ring (bicyclic) bond motifs is 1. The monoisotopic (exact) mass is 341 g/mol. The van der Waals surface area contributed by atoms with Gasteiger partial charge in [0.1, 0.15) is 12.0 Å². The van der Waals surface area contributed by atoms with Crippen LogP contribution in [0, 0.1) is 0 Å². The number of anilines is 1. The van der Waals surface area contributed by atoms with Gasteiger partial charge in [0, 0.05) is 4.88 Å². The molecule has 0 saturated heterocycles. The van der Waals surface area contributed by atoms with Crippen LogP contribution in [0.25, 0.3) is 0 Å². The maximum absolute atomic E-state index is 12.1. The van der Waals surface area contributed by atoms with Crippen LogP contribution < -0.4 is 11.1 Å². The van der Waals surface area contributed by atoms with Crippen molar-refractivity contribution in [3.63, 3.8) is 0 Å². The van der Waals surface area contributed by atoms with Crippen LogP contribution in [0.3, 0.4) is 0 Å². The van der Waals surface area contributed by atoms with E-state index in [9.17, 15) is 4.79 Å². The van der Waals surface area contributed by atoms with Gasteiger partial charge in [-0.3, -0.25) is 10.1 Å². The molecule has 3 N–H and O–H groups in total. The Bertz CT molecular complexity index is 613. The first-order valence-electron chi connectivity index (χ1n) is 7.33. The third-order valence-electron chi connectivity index (χ3n) is 3.68. The molecular formula is C15H20ClN3O2S. The summed E-state index contributed by atoms with van der Waals surface area (Å²) in [5.74, 6) is 0.409. The highest BCUT2D eigenvalue weighted by molar-refractivity contribution is 7.15. The fourth-order valence-electron chi connectivity index (χ4n) is 2.54. The van der Waals surface area contributed by atoms with Crippen LogP contribution >= 0.6 is 23.7 Å². The van der Waals surface area contributed by atoms with Crippen LogP contribution in [-0.4, -0.2) is 10.9 Å². The fourth-order valence-corrected chi connectivity index (χ4v) is 3.58. The Morgan fingerprint density at radius 3 is 2.82 bits per heavy atom. The van der Waals surface area contributed by atoms with Gasteiger partial charge in [-0.1, -0.05) is 12.8 Å². The quantitative estimate of drug-likeness (QED) is 0.894. The van der Waals surface area contributed by atoms with Crippen LogP contribution in [0.4, 0.5) is 5.13 Å². The van der Waals surface area contributed by atoms with Crippen molar-refractivity contribution in [3.8, 4) is 0 Å². The van der Waals surface area contributed by atoms with Crippen molar-refractivity contribution < 1.29 is 9.21 Å². The number of aryl methyl sites for hydroxylation is 2. The second-order valence-electron chi connectivity index (χ2n) is 5.26. The smallest absolute Gasteiger partial charge is 0.260 e. The Hall–Kier alpha value is -1.37. The van der Waals surface area contributed by atoms with Gasteiger partial charge >= 0.3 is 0 Å². The van der Waals surface area contributed by atoms with Crippen molar-refractivity contribution in [1.82, 2.24) is 4.98 Å². The number of aromatic nitrogens is 1. The molecule has 3 rings (SSSR count). The molecule has 0 aliphatic heterocycles. The first-order chi connectivity index (χ1) is 10.3. The second-order valence-corrected chi connectivity index (χ2v) is 6.35. The molecule has 2 heterocycles. The van der Waals surface area contributed by atoms with Gasteiger partial charge in [0.05, 0.1) is 17.8 Å². The molecule has 0 aromatic carbocycles. The molecule has 0 spiro atoms. The highest BCUT2D eigenvalue weighted by Gasteiger charge is 2.16. The van der Waals surface area contributed by atoms with E-state index >= 15 is 0 Å². The molecule has 5 nitrogen and oxygen atoms in total. The molecule has 0 radical (unpaired) electrons. The van der Waals surface area contributed by atoms with E-state index in [0.717, 1.165) is 18.5 Å². The fraction of sp³-hybridized carbons (Fsp3) is 0.467. The first kappa shape index (κ1) is 17.0. The molecule has 0 saturated carbocycles. The largest absolute Gasteiger partial charge is 0.467 e. The zero-order valence-corrected chi connectivity index (χ0v) is 13.9. The van der Waals surface area contributed by atoms with E-state index < -0.39 is 0 Å². The Kier molecular flexibility index (Phi) is 5.99. The molecule has 1 amide bonds. The van der Waals surface area contributed by atoms with E-state index in [-0.39, 0.29) is 18.3 Å². The first-order valence-corrected chi connectivity index (χ1v) is 8.15. The average Bonchev–Trinajstić information content (AvgIpc) is 3.06. The minimum Gasteiger partial charge on any atom is -0.467 e. The standard InChI is InChI=1S/C15H19N3O2S.ClH/c16-8-11-7-10(9-20-11)14(19)18-15-17-12-5-3-1-2-4-6-13(12)21-15;/h7,9H,1-6,8,16H2,(H,17,18,19);1H. The van der Waals surface area contributed by atoms with Crippen molar-refractivity contribution in [2.75, 3.05) is 5.32 Å². The summed E-state index contributed by atoms with van der Waals surface area (Å²) >= 11 is 1.60. The van der Waals surface area contributed by atoms with Crippen LogP contribution in [0.5, 0.6) is 0 Å². The molecule has 2 aromatic rings. The Labute approximate surface area is 139 Å². The summed E-state index contributed by atoms with van der Waals surface area (Å²) in [6, 6.07) is 1.67. The lowest BCUT2D eigenvalue weighted by molar-refractivity contribution is 0.102. The zero-order valence-electron chi connectivity index (χ0n) is 12.3. The predicted molar refractivity (Wildman–Crippen MR) is 89.8 cm³/mol. The molecule has 0 fully saturated rings. The normalized spacial score (nSPS) is 14.4. The minimum atomic E-state index is -0.194. The minimum absolute atomic E-state index is 0. The number of hydrogen-bond donors (Lipinski definition) is 2. The number of nitrogens with two attached hydrogens (primary N) is 1. The third-order valence-corrected chi connectivity index (χ3v) is 4.76. The Morgan fingerprint density at radius 2 is 2.09 bits per heavy atom. The topological polar surface area (TPSA) is 81.2 Å². The van der Waals surface area contributed by atoms with Gasteiger partial charge in [-0.15, -0.1) is 23.7 Å². The SMILES string of the molecule is Cl.NCc1cc(C(=O)Nc2nc3c(s2)CCCCCC3)co1. The van der Waals surface area contributed by atoms with E-state index in [0.29, 0.717) is 23.0 Å². The maximum Gasteiger partial charge on any atom is 0.260 e. The van der Waals surface area contributed by atoms with E-state index in [1.54, 1.807) is 17.4 Å². The summed E-state index contributed by atoms with van der Waals surface area (Å²) < 4.78 is 5.18. The van der Waals surface area contributed by atoms with Gasteiger partial charge in [0.2, 0.25) is 0 Å². The van der Waals surface area contributed by atoms with Gasteiger partial charge in [0.15, 0.2) is 5.13 Å². The van der Waals surface area contributed by atoms with Gasteiger partial charge < -0.3 is 10.2 Å². The third kappa shape index (κ3) is 3.88. The van der Waals surface area contributed by atoms with E-state index in [4.69, 9.17) is 10.2 Å². The van der Waals surface area contributed by atoms with Crippen molar-refractivity contribution in [1.29, 1.82) is 0 Å². The average molecular weight is 342 g/mol. The molecule has 120 valence electrons. The summed E-state index contributed by atoms with van der Waals surface area (Å²) in [5, 5.41) is 3.54. The summed E-state index contributed by atoms with van der Waals surface area (Å²) in [5.41, 5.74) is 7.12.